The minimum Gasteiger partial charge on any atom is -0.497 e. The standard InChI is InChI=1S/C21H27FN4O2/c1-25-11-9-19(10-12-25)26(15-18-6-5-17(22)14-23-18)21(27)24-13-16-3-7-20(28-2)8-4-16/h3-8,14,19H,9-13,15H2,1-2H3,(H,24,27). The molecule has 0 radical (unpaired) electrons. The maximum atomic E-state index is 13.2. The van der Waals surface area contributed by atoms with E-state index >= 15 is 0 Å². The van der Waals surface area contributed by atoms with Crippen LogP contribution >= 0.6 is 0 Å². The number of benzene rings is 1. The van der Waals surface area contributed by atoms with Gasteiger partial charge in [-0.25, -0.2) is 9.18 Å². The fraction of sp³-hybridized carbons (Fsp3) is 0.429. The van der Waals surface area contributed by atoms with Crippen LogP contribution in [-0.2, 0) is 13.1 Å². The second kappa shape index (κ2) is 9.50. The zero-order valence-corrected chi connectivity index (χ0v) is 16.4. The Bertz CT molecular complexity index is 759. The van der Waals surface area contributed by atoms with E-state index in [0.29, 0.717) is 18.8 Å². The number of aromatic nitrogens is 1. The summed E-state index contributed by atoms with van der Waals surface area (Å²) in [5, 5.41) is 3.01. The molecule has 0 aliphatic carbocycles. The summed E-state index contributed by atoms with van der Waals surface area (Å²) in [6.07, 6.45) is 3.01. The Labute approximate surface area is 165 Å². The molecule has 2 heterocycles. The lowest BCUT2D eigenvalue weighted by atomic mass is 10.0. The number of rotatable bonds is 6. The van der Waals surface area contributed by atoms with Crippen LogP contribution in [-0.4, -0.2) is 54.1 Å². The lowest BCUT2D eigenvalue weighted by molar-refractivity contribution is 0.126. The molecule has 0 spiro atoms. The summed E-state index contributed by atoms with van der Waals surface area (Å²) in [6.45, 7) is 2.69. The van der Waals surface area contributed by atoms with E-state index in [-0.39, 0.29) is 17.9 Å². The first kappa shape index (κ1) is 20.1. The smallest absolute Gasteiger partial charge is 0.318 e. The van der Waals surface area contributed by atoms with E-state index in [1.54, 1.807) is 13.2 Å². The minimum atomic E-state index is -0.376. The molecule has 7 heteroatoms. The van der Waals surface area contributed by atoms with Crippen molar-refractivity contribution in [2.75, 3.05) is 27.2 Å². The van der Waals surface area contributed by atoms with Gasteiger partial charge in [-0.05, 0) is 62.8 Å². The van der Waals surface area contributed by atoms with E-state index < -0.39 is 0 Å². The van der Waals surface area contributed by atoms with Gasteiger partial charge in [0.05, 0.1) is 25.5 Å². The van der Waals surface area contributed by atoms with Crippen molar-refractivity contribution in [2.45, 2.75) is 32.0 Å². The lowest BCUT2D eigenvalue weighted by Crippen LogP contribution is -2.49. The quantitative estimate of drug-likeness (QED) is 0.829. The average Bonchev–Trinajstić information content (AvgIpc) is 2.73. The highest BCUT2D eigenvalue weighted by atomic mass is 19.1. The van der Waals surface area contributed by atoms with Gasteiger partial charge >= 0.3 is 6.03 Å². The van der Waals surface area contributed by atoms with E-state index in [2.05, 4.69) is 22.2 Å². The number of pyridine rings is 1. The summed E-state index contributed by atoms with van der Waals surface area (Å²) >= 11 is 0. The molecule has 2 amide bonds. The molecular formula is C21H27FN4O2. The molecule has 6 nitrogen and oxygen atoms in total. The number of amides is 2. The van der Waals surface area contributed by atoms with Crippen LogP contribution in [0.2, 0.25) is 0 Å². The first-order valence-corrected chi connectivity index (χ1v) is 9.51. The number of carbonyl (C=O) groups excluding carboxylic acids is 1. The first-order valence-electron chi connectivity index (χ1n) is 9.51. The van der Waals surface area contributed by atoms with Crippen molar-refractivity contribution in [3.8, 4) is 5.75 Å². The third-order valence-corrected chi connectivity index (χ3v) is 5.11. The Hall–Kier alpha value is -2.67. The Kier molecular flexibility index (Phi) is 6.81. The second-order valence-electron chi connectivity index (χ2n) is 7.14. The molecule has 1 saturated heterocycles. The maximum absolute atomic E-state index is 13.2. The number of nitrogens with one attached hydrogen (secondary N) is 1. The van der Waals surface area contributed by atoms with Crippen molar-refractivity contribution in [3.63, 3.8) is 0 Å². The van der Waals surface area contributed by atoms with Gasteiger partial charge in [-0.2, -0.15) is 0 Å². The molecule has 0 unspecified atom stereocenters. The number of hydrogen-bond acceptors (Lipinski definition) is 4. The van der Waals surface area contributed by atoms with Crippen LogP contribution < -0.4 is 10.1 Å². The molecule has 28 heavy (non-hydrogen) atoms. The van der Waals surface area contributed by atoms with E-state index in [9.17, 15) is 9.18 Å². The van der Waals surface area contributed by atoms with Gasteiger partial charge in [0.1, 0.15) is 11.6 Å². The highest BCUT2D eigenvalue weighted by Gasteiger charge is 2.27. The van der Waals surface area contributed by atoms with Gasteiger partial charge in [0.15, 0.2) is 0 Å². The van der Waals surface area contributed by atoms with Crippen LogP contribution in [0, 0.1) is 5.82 Å². The fourth-order valence-corrected chi connectivity index (χ4v) is 3.37. The zero-order chi connectivity index (χ0) is 19.9. The predicted molar refractivity (Wildman–Crippen MR) is 105 cm³/mol. The molecule has 3 rings (SSSR count). The van der Waals surface area contributed by atoms with E-state index in [1.165, 1.54) is 12.3 Å². The van der Waals surface area contributed by atoms with Crippen molar-refractivity contribution in [3.05, 3.63) is 59.7 Å². The summed E-state index contributed by atoms with van der Waals surface area (Å²) in [6, 6.07) is 10.6. The van der Waals surface area contributed by atoms with Crippen LogP contribution in [0.1, 0.15) is 24.1 Å². The zero-order valence-electron chi connectivity index (χ0n) is 16.4. The van der Waals surface area contributed by atoms with E-state index in [4.69, 9.17) is 4.74 Å². The van der Waals surface area contributed by atoms with Gasteiger partial charge in [0.2, 0.25) is 0 Å². The number of halogens is 1. The van der Waals surface area contributed by atoms with Crippen LogP contribution in [0.3, 0.4) is 0 Å². The molecule has 0 atom stereocenters. The Balaban J connectivity index is 1.67. The number of hydrogen-bond donors (Lipinski definition) is 1. The van der Waals surface area contributed by atoms with Crippen LogP contribution in [0.15, 0.2) is 42.6 Å². The van der Waals surface area contributed by atoms with Crippen LogP contribution in [0.4, 0.5) is 9.18 Å². The highest BCUT2D eigenvalue weighted by molar-refractivity contribution is 5.74. The molecule has 0 saturated carbocycles. The third kappa shape index (κ3) is 5.42. The van der Waals surface area contributed by atoms with E-state index in [0.717, 1.165) is 37.2 Å². The normalized spacial score (nSPS) is 15.2. The second-order valence-corrected chi connectivity index (χ2v) is 7.14. The van der Waals surface area contributed by atoms with Crippen molar-refractivity contribution in [1.82, 2.24) is 20.1 Å². The molecular weight excluding hydrogens is 359 g/mol. The summed E-state index contributed by atoms with van der Waals surface area (Å²) in [5.74, 6) is 0.406. The fourth-order valence-electron chi connectivity index (χ4n) is 3.37. The molecule has 1 aliphatic heterocycles. The molecule has 150 valence electrons. The van der Waals surface area contributed by atoms with E-state index in [1.807, 2.05) is 29.2 Å². The minimum absolute atomic E-state index is 0.128. The van der Waals surface area contributed by atoms with Gasteiger partial charge in [-0.1, -0.05) is 12.1 Å². The summed E-state index contributed by atoms with van der Waals surface area (Å²) in [4.78, 5) is 21.2. The molecule has 1 aromatic heterocycles. The molecule has 2 aromatic rings. The molecule has 1 N–H and O–H groups in total. The largest absolute Gasteiger partial charge is 0.497 e. The van der Waals surface area contributed by atoms with Crippen molar-refractivity contribution in [2.24, 2.45) is 0 Å². The number of ether oxygens (including phenoxy) is 1. The molecule has 0 bridgehead atoms. The van der Waals surface area contributed by atoms with Gasteiger partial charge in [-0.3, -0.25) is 4.98 Å². The summed E-state index contributed by atoms with van der Waals surface area (Å²) in [7, 11) is 3.71. The summed E-state index contributed by atoms with van der Waals surface area (Å²) < 4.78 is 18.3. The topological polar surface area (TPSA) is 57.7 Å². The highest BCUT2D eigenvalue weighted by Crippen LogP contribution is 2.19. The summed E-state index contributed by atoms with van der Waals surface area (Å²) in [5.41, 5.74) is 1.68. The SMILES string of the molecule is COc1ccc(CNC(=O)N(Cc2ccc(F)cn2)C2CCN(C)CC2)cc1. The first-order chi connectivity index (χ1) is 13.5. The van der Waals surface area contributed by atoms with Gasteiger partial charge in [0.25, 0.3) is 0 Å². The number of piperidine rings is 1. The van der Waals surface area contributed by atoms with Crippen LogP contribution in [0.25, 0.3) is 0 Å². The Morgan fingerprint density at radius 2 is 1.96 bits per heavy atom. The number of nitrogens with zero attached hydrogens (tertiary/aromatic N) is 3. The molecule has 1 aromatic carbocycles. The lowest BCUT2D eigenvalue weighted by Gasteiger charge is -2.37. The number of likely N-dealkylation sites (tertiary alicyclic amines) is 1. The monoisotopic (exact) mass is 386 g/mol. The molecule has 1 fully saturated rings. The van der Waals surface area contributed by atoms with Crippen molar-refractivity contribution in [1.29, 1.82) is 0 Å². The van der Waals surface area contributed by atoms with Gasteiger partial charge in [-0.15, -0.1) is 0 Å². The number of methoxy groups -OCH3 is 1. The number of carbonyl (C=O) groups is 1. The average molecular weight is 386 g/mol. The van der Waals surface area contributed by atoms with Crippen LogP contribution in [0.5, 0.6) is 5.75 Å². The van der Waals surface area contributed by atoms with Crippen molar-refractivity contribution < 1.29 is 13.9 Å². The maximum Gasteiger partial charge on any atom is 0.318 e. The Morgan fingerprint density at radius 1 is 1.25 bits per heavy atom. The van der Waals surface area contributed by atoms with Gasteiger partial charge < -0.3 is 19.9 Å². The Morgan fingerprint density at radius 3 is 2.57 bits per heavy atom. The van der Waals surface area contributed by atoms with Crippen molar-refractivity contribution >= 4 is 6.03 Å². The number of urea groups is 1. The predicted octanol–water partition coefficient (Wildman–Crippen LogP) is 3.04. The third-order valence-electron chi connectivity index (χ3n) is 5.11. The molecule has 1 aliphatic rings. The van der Waals surface area contributed by atoms with Gasteiger partial charge in [0, 0.05) is 12.6 Å².